The number of imide groups is 1. The van der Waals surface area contributed by atoms with Gasteiger partial charge in [0.25, 0.3) is 5.91 Å². The van der Waals surface area contributed by atoms with E-state index in [-0.39, 0.29) is 24.1 Å². The maximum atomic E-state index is 12.9. The molecule has 0 radical (unpaired) electrons. The Hall–Kier alpha value is -1.86. The lowest BCUT2D eigenvalue weighted by Crippen LogP contribution is -2.52. The number of rotatable bonds is 13. The van der Waals surface area contributed by atoms with Gasteiger partial charge < -0.3 is 10.2 Å². The number of carbonyl (C=O) groups excluding carboxylic acids is 3. The molecule has 7 heteroatoms. The lowest BCUT2D eigenvalue weighted by Gasteiger charge is -2.29. The van der Waals surface area contributed by atoms with E-state index in [0.29, 0.717) is 18.5 Å². The summed E-state index contributed by atoms with van der Waals surface area (Å²) < 4.78 is 0. The van der Waals surface area contributed by atoms with Crippen LogP contribution in [0.2, 0.25) is 0 Å². The van der Waals surface area contributed by atoms with Gasteiger partial charge >= 0.3 is 0 Å². The summed E-state index contributed by atoms with van der Waals surface area (Å²) in [7, 11) is 0. The standard InChI is InChI=1S/C27H37N3O3S/c31-24-14-13-22(26(32)29-24)30-17-21-20(27(30)33)7-6-8-23(21)34-16-5-3-1-2-4-15-28-25(18-9-10-18)19-11-12-19/h6-8,18-19,22,25,28H,1-5,9-17H2,(H,29,31,32). The van der Waals surface area contributed by atoms with E-state index in [4.69, 9.17) is 0 Å². The van der Waals surface area contributed by atoms with Crippen LogP contribution in [-0.4, -0.2) is 47.0 Å². The molecule has 1 atom stereocenters. The van der Waals surface area contributed by atoms with Crippen molar-refractivity contribution in [3.8, 4) is 0 Å². The van der Waals surface area contributed by atoms with Gasteiger partial charge in [-0.25, -0.2) is 0 Å². The summed E-state index contributed by atoms with van der Waals surface area (Å²) in [6.07, 6.45) is 12.8. The van der Waals surface area contributed by atoms with Crippen LogP contribution in [0.1, 0.15) is 86.6 Å². The Kier molecular flexibility index (Phi) is 7.59. The number of thioether (sulfide) groups is 1. The fourth-order valence-electron chi connectivity index (χ4n) is 5.53. The minimum Gasteiger partial charge on any atom is -0.322 e. The second-order valence-electron chi connectivity index (χ2n) is 10.5. The Morgan fingerprint density at radius 2 is 1.71 bits per heavy atom. The molecule has 1 saturated heterocycles. The minimum atomic E-state index is -0.547. The molecule has 0 bridgehead atoms. The molecule has 2 heterocycles. The van der Waals surface area contributed by atoms with Crippen LogP contribution in [0.4, 0.5) is 0 Å². The van der Waals surface area contributed by atoms with Gasteiger partial charge in [0.05, 0.1) is 0 Å². The van der Waals surface area contributed by atoms with Crippen molar-refractivity contribution in [2.24, 2.45) is 11.8 Å². The Morgan fingerprint density at radius 3 is 2.44 bits per heavy atom. The summed E-state index contributed by atoms with van der Waals surface area (Å²) in [6.45, 7) is 1.64. The van der Waals surface area contributed by atoms with Crippen molar-refractivity contribution in [3.63, 3.8) is 0 Å². The van der Waals surface area contributed by atoms with Gasteiger partial charge in [-0.1, -0.05) is 25.3 Å². The first-order valence-electron chi connectivity index (χ1n) is 13.2. The fraction of sp³-hybridized carbons (Fsp3) is 0.667. The molecule has 0 aromatic heterocycles. The predicted octanol–water partition coefficient (Wildman–Crippen LogP) is 4.27. The van der Waals surface area contributed by atoms with Crippen molar-refractivity contribution < 1.29 is 14.4 Å². The van der Waals surface area contributed by atoms with E-state index in [1.54, 1.807) is 4.90 Å². The molecule has 184 valence electrons. The second-order valence-corrected chi connectivity index (χ2v) is 11.6. The highest BCUT2D eigenvalue weighted by Crippen LogP contribution is 2.44. The van der Waals surface area contributed by atoms with Crippen molar-refractivity contribution in [1.29, 1.82) is 0 Å². The highest BCUT2D eigenvalue weighted by Gasteiger charge is 2.41. The first kappa shape index (κ1) is 23.9. The number of nitrogens with one attached hydrogen (secondary N) is 2. The first-order valence-corrected chi connectivity index (χ1v) is 14.2. The van der Waals surface area contributed by atoms with E-state index in [1.807, 2.05) is 23.9 Å². The zero-order chi connectivity index (χ0) is 23.5. The average molecular weight is 484 g/mol. The van der Waals surface area contributed by atoms with Crippen LogP contribution in [0.5, 0.6) is 0 Å². The van der Waals surface area contributed by atoms with Gasteiger partial charge in [0, 0.05) is 29.5 Å². The largest absolute Gasteiger partial charge is 0.322 e. The van der Waals surface area contributed by atoms with Crippen LogP contribution in [0.25, 0.3) is 0 Å². The van der Waals surface area contributed by atoms with Gasteiger partial charge in [-0.05, 0) is 86.8 Å². The maximum Gasteiger partial charge on any atom is 0.255 e. The Morgan fingerprint density at radius 1 is 0.971 bits per heavy atom. The molecule has 6 nitrogen and oxygen atoms in total. The second kappa shape index (κ2) is 10.8. The zero-order valence-electron chi connectivity index (χ0n) is 20.0. The molecule has 1 unspecified atom stereocenters. The SMILES string of the molecule is O=C1CCC(N2Cc3c(SCCCCCCCNC(C4CC4)C4CC4)cccc3C2=O)C(=O)N1. The molecule has 4 aliphatic rings. The predicted molar refractivity (Wildman–Crippen MR) is 134 cm³/mol. The van der Waals surface area contributed by atoms with E-state index in [0.717, 1.165) is 34.1 Å². The Labute approximate surface area is 207 Å². The molecular weight excluding hydrogens is 446 g/mol. The maximum absolute atomic E-state index is 12.9. The molecule has 3 amide bonds. The van der Waals surface area contributed by atoms with E-state index < -0.39 is 6.04 Å². The zero-order valence-corrected chi connectivity index (χ0v) is 20.8. The number of piperidine rings is 1. The van der Waals surface area contributed by atoms with Gasteiger partial charge in [0.2, 0.25) is 11.8 Å². The number of nitrogens with zero attached hydrogens (tertiary/aromatic N) is 1. The van der Waals surface area contributed by atoms with Crippen molar-refractivity contribution in [3.05, 3.63) is 29.3 Å². The van der Waals surface area contributed by atoms with Crippen molar-refractivity contribution in [2.75, 3.05) is 12.3 Å². The molecule has 3 fully saturated rings. The van der Waals surface area contributed by atoms with Gasteiger partial charge in [0.15, 0.2) is 0 Å². The fourth-order valence-corrected chi connectivity index (χ4v) is 6.62. The average Bonchev–Trinajstić information content (AvgIpc) is 3.75. The number of carbonyl (C=O) groups is 3. The monoisotopic (exact) mass is 483 g/mol. The minimum absolute atomic E-state index is 0.0915. The number of hydrogen-bond donors (Lipinski definition) is 2. The van der Waals surface area contributed by atoms with Crippen LogP contribution in [0.15, 0.2) is 23.1 Å². The van der Waals surface area contributed by atoms with Crippen LogP contribution in [0, 0.1) is 11.8 Å². The quantitative estimate of drug-likeness (QED) is 0.249. The number of unbranched alkanes of at least 4 members (excludes halogenated alkanes) is 4. The number of hydrogen-bond acceptors (Lipinski definition) is 5. The van der Waals surface area contributed by atoms with Gasteiger partial charge in [0.1, 0.15) is 6.04 Å². The van der Waals surface area contributed by atoms with E-state index in [9.17, 15) is 14.4 Å². The molecule has 2 aliphatic carbocycles. The highest BCUT2D eigenvalue weighted by atomic mass is 32.2. The summed E-state index contributed by atoms with van der Waals surface area (Å²) in [4.78, 5) is 39.5. The number of benzene rings is 1. The third kappa shape index (κ3) is 5.68. The Balaban J connectivity index is 1.01. The van der Waals surface area contributed by atoms with E-state index >= 15 is 0 Å². The van der Waals surface area contributed by atoms with Gasteiger partial charge in [-0.15, -0.1) is 11.8 Å². The summed E-state index contributed by atoms with van der Waals surface area (Å²) >= 11 is 1.82. The molecule has 2 aliphatic heterocycles. The number of fused-ring (bicyclic) bond motifs is 1. The van der Waals surface area contributed by atoms with Crippen LogP contribution in [-0.2, 0) is 16.1 Å². The molecule has 0 spiro atoms. The van der Waals surface area contributed by atoms with E-state index in [1.165, 1.54) is 64.3 Å². The molecule has 1 aromatic rings. The smallest absolute Gasteiger partial charge is 0.255 e. The lowest BCUT2D eigenvalue weighted by atomic mass is 10.0. The molecule has 34 heavy (non-hydrogen) atoms. The number of amides is 3. The topological polar surface area (TPSA) is 78.5 Å². The third-order valence-electron chi connectivity index (χ3n) is 7.76. The third-order valence-corrected chi connectivity index (χ3v) is 8.94. The summed E-state index contributed by atoms with van der Waals surface area (Å²) in [6, 6.07) is 6.16. The normalized spacial score (nSPS) is 22.4. The van der Waals surface area contributed by atoms with Gasteiger partial charge in [-0.2, -0.15) is 0 Å². The van der Waals surface area contributed by atoms with Gasteiger partial charge in [-0.3, -0.25) is 19.7 Å². The van der Waals surface area contributed by atoms with E-state index in [2.05, 4.69) is 16.7 Å². The van der Waals surface area contributed by atoms with Crippen molar-refractivity contribution in [2.45, 2.75) is 94.2 Å². The molecule has 2 N–H and O–H groups in total. The van der Waals surface area contributed by atoms with Crippen molar-refractivity contribution in [1.82, 2.24) is 15.5 Å². The molecule has 5 rings (SSSR count). The molecular formula is C27H37N3O3S. The van der Waals surface area contributed by atoms with Crippen molar-refractivity contribution >= 4 is 29.5 Å². The lowest BCUT2D eigenvalue weighted by molar-refractivity contribution is -0.136. The first-order chi connectivity index (χ1) is 16.6. The van der Waals surface area contributed by atoms with Crippen LogP contribution >= 0.6 is 11.8 Å². The van der Waals surface area contributed by atoms with Crippen LogP contribution < -0.4 is 10.6 Å². The Bertz CT molecular complexity index is 916. The molecule has 1 aromatic carbocycles. The van der Waals surface area contributed by atoms with Crippen LogP contribution in [0.3, 0.4) is 0 Å². The summed E-state index contributed by atoms with van der Waals surface area (Å²) in [5, 5.41) is 6.22. The highest BCUT2D eigenvalue weighted by molar-refractivity contribution is 7.99. The molecule has 2 saturated carbocycles. The summed E-state index contributed by atoms with van der Waals surface area (Å²) in [5.41, 5.74) is 1.74. The summed E-state index contributed by atoms with van der Waals surface area (Å²) in [5.74, 6) is 2.32.